The highest BCUT2D eigenvalue weighted by Crippen LogP contribution is 2.22. The van der Waals surface area contributed by atoms with Crippen LogP contribution in [0.3, 0.4) is 0 Å². The lowest BCUT2D eigenvalue weighted by molar-refractivity contribution is -0.126. The highest BCUT2D eigenvalue weighted by Gasteiger charge is 2.25. The highest BCUT2D eigenvalue weighted by molar-refractivity contribution is 7.99. The molecular weight excluding hydrogens is 408 g/mol. The molecule has 4 rings (SSSR count). The van der Waals surface area contributed by atoms with Gasteiger partial charge in [0.15, 0.2) is 0 Å². The van der Waals surface area contributed by atoms with Crippen molar-refractivity contribution in [3.05, 3.63) is 66.1 Å². The van der Waals surface area contributed by atoms with E-state index in [1.54, 1.807) is 11.8 Å². The molecule has 1 saturated heterocycles. The van der Waals surface area contributed by atoms with Crippen molar-refractivity contribution in [2.75, 3.05) is 25.4 Å². The van der Waals surface area contributed by atoms with E-state index in [0.29, 0.717) is 24.8 Å². The maximum atomic E-state index is 12.5. The van der Waals surface area contributed by atoms with Gasteiger partial charge in [-0.25, -0.2) is 0 Å². The Balaban J connectivity index is 1.18. The van der Waals surface area contributed by atoms with Crippen LogP contribution in [0.5, 0.6) is 0 Å². The van der Waals surface area contributed by atoms with E-state index in [1.165, 1.54) is 4.90 Å². The van der Waals surface area contributed by atoms with Crippen molar-refractivity contribution in [2.24, 2.45) is 5.92 Å². The van der Waals surface area contributed by atoms with Gasteiger partial charge in [-0.05, 0) is 50.6 Å². The molecule has 1 aliphatic rings. The molecule has 1 fully saturated rings. The van der Waals surface area contributed by atoms with E-state index in [2.05, 4.69) is 32.5 Å². The second-order valence-electron chi connectivity index (χ2n) is 7.83. The van der Waals surface area contributed by atoms with Gasteiger partial charge in [0, 0.05) is 28.7 Å². The molecule has 6 nitrogen and oxygen atoms in total. The van der Waals surface area contributed by atoms with E-state index in [1.807, 2.05) is 49.4 Å². The molecule has 0 radical (unpaired) electrons. The van der Waals surface area contributed by atoms with Crippen LogP contribution >= 0.6 is 11.8 Å². The molecule has 1 amide bonds. The average molecular weight is 437 g/mol. The summed E-state index contributed by atoms with van der Waals surface area (Å²) in [4.78, 5) is 20.6. The Morgan fingerprint density at radius 2 is 1.87 bits per heavy atom. The summed E-state index contributed by atoms with van der Waals surface area (Å²) in [5.41, 5.74) is 2.13. The summed E-state index contributed by atoms with van der Waals surface area (Å²) in [6.45, 7) is 5.09. The van der Waals surface area contributed by atoms with Crippen LogP contribution < -0.4 is 5.32 Å². The molecule has 1 aromatic heterocycles. The van der Waals surface area contributed by atoms with Gasteiger partial charge in [-0.2, -0.15) is 4.98 Å². The van der Waals surface area contributed by atoms with E-state index >= 15 is 0 Å². The molecule has 0 unspecified atom stereocenters. The molecule has 0 spiro atoms. The molecule has 0 saturated carbocycles. The molecule has 2 heterocycles. The molecule has 0 bridgehead atoms. The van der Waals surface area contributed by atoms with Crippen molar-refractivity contribution in [1.82, 2.24) is 20.4 Å². The Morgan fingerprint density at radius 3 is 2.65 bits per heavy atom. The normalized spacial score (nSPS) is 15.1. The molecule has 0 aliphatic carbocycles. The number of carbonyl (C=O) groups excluding carboxylic acids is 1. The van der Waals surface area contributed by atoms with Crippen LogP contribution in [-0.2, 0) is 11.3 Å². The summed E-state index contributed by atoms with van der Waals surface area (Å²) >= 11 is 1.77. The van der Waals surface area contributed by atoms with E-state index < -0.39 is 0 Å². The fraction of sp³-hybridized carbons (Fsp3) is 0.375. The van der Waals surface area contributed by atoms with E-state index in [0.717, 1.165) is 42.8 Å². The molecular formula is C24H28N4O2S. The quantitative estimate of drug-likeness (QED) is 0.422. The Kier molecular flexibility index (Phi) is 7.38. The zero-order valence-corrected chi connectivity index (χ0v) is 18.6. The summed E-state index contributed by atoms with van der Waals surface area (Å²) in [5, 5.41) is 7.24. The van der Waals surface area contributed by atoms with Crippen molar-refractivity contribution in [2.45, 2.75) is 31.2 Å². The fourth-order valence-electron chi connectivity index (χ4n) is 3.80. The number of benzene rings is 2. The number of rotatable bonds is 8. The fourth-order valence-corrected chi connectivity index (χ4v) is 4.59. The van der Waals surface area contributed by atoms with Gasteiger partial charge in [0.25, 0.3) is 0 Å². The number of nitrogens with one attached hydrogen (secondary N) is 1. The minimum Gasteiger partial charge on any atom is -0.355 e. The number of nitrogens with zero attached hydrogens (tertiary/aromatic N) is 3. The minimum absolute atomic E-state index is 0.0863. The minimum atomic E-state index is 0.0863. The summed E-state index contributed by atoms with van der Waals surface area (Å²) < 4.78 is 5.47. The number of thioether (sulfide) groups is 1. The van der Waals surface area contributed by atoms with Crippen molar-refractivity contribution in [3.63, 3.8) is 0 Å². The number of likely N-dealkylation sites (tertiary alicyclic amines) is 1. The summed E-state index contributed by atoms with van der Waals surface area (Å²) in [6.07, 6.45) is 1.72. The number of piperidine rings is 1. The van der Waals surface area contributed by atoms with E-state index in [9.17, 15) is 4.79 Å². The maximum absolute atomic E-state index is 12.5. The van der Waals surface area contributed by atoms with Crippen LogP contribution in [0.1, 0.15) is 24.3 Å². The third-order valence-electron chi connectivity index (χ3n) is 5.58. The second-order valence-corrected chi connectivity index (χ2v) is 9.00. The van der Waals surface area contributed by atoms with Crippen molar-refractivity contribution < 1.29 is 9.32 Å². The van der Waals surface area contributed by atoms with Crippen molar-refractivity contribution in [3.8, 4) is 11.4 Å². The predicted octanol–water partition coefficient (Wildman–Crippen LogP) is 4.17. The lowest BCUT2D eigenvalue weighted by Crippen LogP contribution is -2.40. The SMILES string of the molecule is Cc1ccccc1-c1noc(CN2CCC(C(=O)NCCSc3ccccc3)CC2)n1. The number of aryl methyl sites for hydroxylation is 1. The zero-order valence-electron chi connectivity index (χ0n) is 17.8. The van der Waals surface area contributed by atoms with Gasteiger partial charge in [0.05, 0.1) is 6.54 Å². The molecule has 31 heavy (non-hydrogen) atoms. The number of aromatic nitrogens is 2. The maximum Gasteiger partial charge on any atom is 0.241 e. The molecule has 3 aromatic rings. The lowest BCUT2D eigenvalue weighted by atomic mass is 9.96. The van der Waals surface area contributed by atoms with Gasteiger partial charge < -0.3 is 9.84 Å². The summed E-state index contributed by atoms with van der Waals surface area (Å²) in [5.74, 6) is 2.40. The zero-order chi connectivity index (χ0) is 21.5. The Hall–Kier alpha value is -2.64. The van der Waals surface area contributed by atoms with E-state index in [4.69, 9.17) is 4.52 Å². The topological polar surface area (TPSA) is 71.3 Å². The van der Waals surface area contributed by atoms with Gasteiger partial charge in [0.1, 0.15) is 0 Å². The third-order valence-corrected chi connectivity index (χ3v) is 6.60. The molecule has 162 valence electrons. The highest BCUT2D eigenvalue weighted by atomic mass is 32.2. The van der Waals surface area contributed by atoms with E-state index in [-0.39, 0.29) is 11.8 Å². The number of hydrogen-bond acceptors (Lipinski definition) is 6. The van der Waals surface area contributed by atoms with Crippen LogP contribution in [0.2, 0.25) is 0 Å². The number of carbonyl (C=O) groups is 1. The number of hydrogen-bond donors (Lipinski definition) is 1. The smallest absolute Gasteiger partial charge is 0.241 e. The first-order valence-electron chi connectivity index (χ1n) is 10.8. The second kappa shape index (κ2) is 10.6. The third kappa shape index (κ3) is 5.95. The van der Waals surface area contributed by atoms with Crippen LogP contribution in [0.4, 0.5) is 0 Å². The first kappa shape index (κ1) is 21.6. The Labute approximate surface area is 187 Å². The Morgan fingerprint density at radius 1 is 1.13 bits per heavy atom. The summed E-state index contributed by atoms with van der Waals surface area (Å²) in [7, 11) is 0. The Bertz CT molecular complexity index is 984. The van der Waals surface area contributed by atoms with Gasteiger partial charge >= 0.3 is 0 Å². The van der Waals surface area contributed by atoms with Gasteiger partial charge in [-0.15, -0.1) is 11.8 Å². The first-order chi connectivity index (χ1) is 15.2. The number of amides is 1. The average Bonchev–Trinajstić information content (AvgIpc) is 3.26. The van der Waals surface area contributed by atoms with Crippen LogP contribution in [0.25, 0.3) is 11.4 Å². The van der Waals surface area contributed by atoms with Gasteiger partial charge in [0.2, 0.25) is 17.6 Å². The van der Waals surface area contributed by atoms with Crippen molar-refractivity contribution in [1.29, 1.82) is 0 Å². The van der Waals surface area contributed by atoms with Crippen LogP contribution in [0, 0.1) is 12.8 Å². The predicted molar refractivity (Wildman–Crippen MR) is 123 cm³/mol. The standard InChI is InChI=1S/C24H28N4O2S/c1-18-7-5-6-10-21(18)23-26-22(30-27-23)17-28-14-11-19(12-15-28)24(29)25-13-16-31-20-8-3-2-4-9-20/h2-10,19H,11-17H2,1H3,(H,25,29). The van der Waals surface area contributed by atoms with Crippen LogP contribution in [0.15, 0.2) is 64.0 Å². The molecule has 7 heteroatoms. The molecule has 1 aliphatic heterocycles. The van der Waals surface area contributed by atoms with Crippen LogP contribution in [-0.4, -0.2) is 46.3 Å². The molecule has 2 aromatic carbocycles. The van der Waals surface area contributed by atoms with Gasteiger partial charge in [-0.1, -0.05) is 47.6 Å². The molecule has 0 atom stereocenters. The molecule has 1 N–H and O–H groups in total. The monoisotopic (exact) mass is 436 g/mol. The lowest BCUT2D eigenvalue weighted by Gasteiger charge is -2.30. The summed E-state index contributed by atoms with van der Waals surface area (Å²) in [6, 6.07) is 18.3. The van der Waals surface area contributed by atoms with Crippen molar-refractivity contribution >= 4 is 17.7 Å². The van der Waals surface area contributed by atoms with Gasteiger partial charge in [-0.3, -0.25) is 9.69 Å². The first-order valence-corrected chi connectivity index (χ1v) is 11.7. The largest absolute Gasteiger partial charge is 0.355 e.